The van der Waals surface area contributed by atoms with Crippen molar-refractivity contribution in [3.63, 3.8) is 0 Å². The summed E-state index contributed by atoms with van der Waals surface area (Å²) in [4.78, 5) is 4.67. The second-order valence-electron chi connectivity index (χ2n) is 12.3. The molecule has 7 aromatic carbocycles. The highest BCUT2D eigenvalue weighted by molar-refractivity contribution is 5.91. The van der Waals surface area contributed by atoms with Crippen LogP contribution in [0.1, 0.15) is 33.4 Å². The number of hydrogen-bond donors (Lipinski definition) is 0. The van der Waals surface area contributed by atoms with Gasteiger partial charge >= 0.3 is 0 Å². The summed E-state index contributed by atoms with van der Waals surface area (Å²) in [6.07, 6.45) is 1.97. The monoisotopic (exact) mass is 601 g/mol. The van der Waals surface area contributed by atoms with Crippen molar-refractivity contribution in [2.75, 3.05) is 0 Å². The van der Waals surface area contributed by atoms with E-state index in [1.807, 2.05) is 12.3 Å². The van der Waals surface area contributed by atoms with Gasteiger partial charge in [0.05, 0.1) is 12.0 Å². The van der Waals surface area contributed by atoms with Gasteiger partial charge in [0.2, 0.25) is 0 Å². The van der Waals surface area contributed by atoms with Gasteiger partial charge in [-0.3, -0.25) is 4.99 Å². The lowest BCUT2D eigenvalue weighted by Gasteiger charge is -2.39. The molecule has 1 heterocycles. The first-order valence-electron chi connectivity index (χ1n) is 16.1. The van der Waals surface area contributed by atoms with Gasteiger partial charge in [0.25, 0.3) is 0 Å². The fraction of sp³-hybridized carbons (Fsp3) is 0.0444. The van der Waals surface area contributed by atoms with E-state index in [9.17, 15) is 0 Å². The number of hydrogen-bond acceptors (Lipinski definition) is 2. The first kappa shape index (κ1) is 27.3. The molecule has 1 aliphatic carbocycles. The fourth-order valence-electron chi connectivity index (χ4n) is 7.53. The van der Waals surface area contributed by atoms with Crippen LogP contribution in [0.15, 0.2) is 175 Å². The zero-order chi connectivity index (χ0) is 31.2. The van der Waals surface area contributed by atoms with Crippen LogP contribution in [0.25, 0.3) is 33.4 Å². The molecular formula is C45H31NO. The number of benzene rings is 7. The van der Waals surface area contributed by atoms with Gasteiger partial charge in [0.1, 0.15) is 11.5 Å². The SMILES string of the molecule is C(=NCc1ccccc1)c1cccc(-c2ccc(-c3ccc4c(c3)-c3ccccc3C43c4ccccc4Oc4ccccc43)cc2)c1. The normalized spacial score (nSPS) is 13.4. The standard InChI is InChI=1S/C45H31NO/c1-2-11-31(12-3-1)29-46-30-32-13-10-14-35(27-32)33-21-23-34(24-22-33)36-25-26-40-38(28-36)37-15-4-5-16-39(37)45(40)41-17-6-8-19-43(41)47-44-20-9-7-18-42(44)45/h1-28,30H,29H2. The van der Waals surface area contributed by atoms with E-state index in [2.05, 4.69) is 169 Å². The quantitative estimate of drug-likeness (QED) is 0.180. The van der Waals surface area contributed by atoms with E-state index in [1.165, 1.54) is 61.2 Å². The molecule has 222 valence electrons. The van der Waals surface area contributed by atoms with Crippen molar-refractivity contribution < 1.29 is 4.74 Å². The van der Waals surface area contributed by atoms with Crippen molar-refractivity contribution >= 4 is 6.21 Å². The Morgan fingerprint density at radius 3 is 1.74 bits per heavy atom. The van der Waals surface area contributed by atoms with E-state index >= 15 is 0 Å². The molecule has 0 fully saturated rings. The van der Waals surface area contributed by atoms with E-state index in [1.54, 1.807) is 0 Å². The Balaban J connectivity index is 1.08. The molecule has 0 saturated carbocycles. The summed E-state index contributed by atoms with van der Waals surface area (Å²) in [5.74, 6) is 1.83. The number of para-hydroxylation sites is 2. The summed E-state index contributed by atoms with van der Waals surface area (Å²) < 4.78 is 6.47. The number of aliphatic imine (C=N–C) groups is 1. The van der Waals surface area contributed by atoms with Crippen molar-refractivity contribution in [1.29, 1.82) is 0 Å². The van der Waals surface area contributed by atoms with Crippen LogP contribution < -0.4 is 4.74 Å². The van der Waals surface area contributed by atoms with E-state index in [-0.39, 0.29) is 0 Å². The Bertz CT molecular complexity index is 2250. The summed E-state index contributed by atoms with van der Waals surface area (Å²) >= 11 is 0. The molecule has 0 amide bonds. The van der Waals surface area contributed by atoms with Crippen LogP contribution in [0.3, 0.4) is 0 Å². The third-order valence-electron chi connectivity index (χ3n) is 9.64. The topological polar surface area (TPSA) is 21.6 Å². The van der Waals surface area contributed by atoms with Gasteiger partial charge in [0.15, 0.2) is 0 Å². The van der Waals surface area contributed by atoms with E-state index < -0.39 is 5.41 Å². The minimum absolute atomic E-state index is 0.435. The van der Waals surface area contributed by atoms with Crippen LogP contribution in [-0.4, -0.2) is 6.21 Å². The lowest BCUT2D eigenvalue weighted by Crippen LogP contribution is -2.32. The molecule has 47 heavy (non-hydrogen) atoms. The molecule has 2 nitrogen and oxygen atoms in total. The molecule has 0 atom stereocenters. The molecule has 0 radical (unpaired) electrons. The maximum atomic E-state index is 6.47. The molecule has 7 aromatic rings. The van der Waals surface area contributed by atoms with Crippen LogP contribution in [0, 0.1) is 0 Å². The number of fused-ring (bicyclic) bond motifs is 9. The smallest absolute Gasteiger partial charge is 0.132 e. The third-order valence-corrected chi connectivity index (χ3v) is 9.64. The number of nitrogens with zero attached hydrogens (tertiary/aromatic N) is 1. The highest BCUT2D eigenvalue weighted by atomic mass is 16.5. The van der Waals surface area contributed by atoms with Gasteiger partial charge in [0, 0.05) is 17.3 Å². The second-order valence-corrected chi connectivity index (χ2v) is 12.3. The third kappa shape index (κ3) is 4.45. The van der Waals surface area contributed by atoms with Crippen molar-refractivity contribution in [3.05, 3.63) is 203 Å². The number of ether oxygens (including phenoxy) is 1. The summed E-state index contributed by atoms with van der Waals surface area (Å²) in [5, 5.41) is 0. The lowest BCUT2D eigenvalue weighted by atomic mass is 9.66. The van der Waals surface area contributed by atoms with Crippen molar-refractivity contribution in [2.24, 2.45) is 4.99 Å². The second kappa shape index (κ2) is 11.1. The summed E-state index contributed by atoms with van der Waals surface area (Å²) in [6, 6.07) is 60.8. The summed E-state index contributed by atoms with van der Waals surface area (Å²) in [5.41, 5.74) is 14.2. The fourth-order valence-corrected chi connectivity index (χ4v) is 7.53. The molecule has 0 aromatic heterocycles. The number of rotatable bonds is 5. The molecular weight excluding hydrogens is 571 g/mol. The molecule has 2 heteroatoms. The summed E-state index contributed by atoms with van der Waals surface area (Å²) in [7, 11) is 0. The maximum absolute atomic E-state index is 6.47. The highest BCUT2D eigenvalue weighted by Crippen LogP contribution is 2.62. The average molecular weight is 602 g/mol. The molecule has 9 rings (SSSR count). The van der Waals surface area contributed by atoms with E-state index in [0.29, 0.717) is 6.54 Å². The van der Waals surface area contributed by atoms with E-state index in [4.69, 9.17) is 4.74 Å². The van der Waals surface area contributed by atoms with Crippen LogP contribution in [0.4, 0.5) is 0 Å². The van der Waals surface area contributed by atoms with Crippen molar-refractivity contribution in [1.82, 2.24) is 0 Å². The van der Waals surface area contributed by atoms with Gasteiger partial charge in [-0.2, -0.15) is 0 Å². The highest BCUT2D eigenvalue weighted by Gasteiger charge is 2.50. The van der Waals surface area contributed by atoms with Crippen LogP contribution in [-0.2, 0) is 12.0 Å². The maximum Gasteiger partial charge on any atom is 0.132 e. The Kier molecular flexibility index (Phi) is 6.46. The Morgan fingerprint density at radius 2 is 1.02 bits per heavy atom. The molecule has 0 N–H and O–H groups in total. The minimum Gasteiger partial charge on any atom is -0.457 e. The van der Waals surface area contributed by atoms with Gasteiger partial charge in [-0.05, 0) is 79.9 Å². The van der Waals surface area contributed by atoms with Crippen LogP contribution >= 0.6 is 0 Å². The van der Waals surface area contributed by atoms with Gasteiger partial charge in [-0.15, -0.1) is 0 Å². The Labute approximate surface area is 275 Å². The molecule has 1 aliphatic heterocycles. The van der Waals surface area contributed by atoms with Crippen LogP contribution in [0.2, 0.25) is 0 Å². The molecule has 0 bridgehead atoms. The van der Waals surface area contributed by atoms with E-state index in [0.717, 1.165) is 17.1 Å². The van der Waals surface area contributed by atoms with Gasteiger partial charge < -0.3 is 4.74 Å². The first-order valence-corrected chi connectivity index (χ1v) is 16.1. The zero-order valence-electron chi connectivity index (χ0n) is 25.8. The molecule has 2 aliphatic rings. The molecule has 0 unspecified atom stereocenters. The average Bonchev–Trinajstić information content (AvgIpc) is 3.42. The Morgan fingerprint density at radius 1 is 0.447 bits per heavy atom. The Hall–Kier alpha value is -5.99. The largest absolute Gasteiger partial charge is 0.457 e. The predicted molar refractivity (Wildman–Crippen MR) is 192 cm³/mol. The van der Waals surface area contributed by atoms with Crippen molar-refractivity contribution in [3.8, 4) is 44.9 Å². The van der Waals surface area contributed by atoms with Gasteiger partial charge in [-0.1, -0.05) is 146 Å². The first-order chi connectivity index (χ1) is 23.3. The molecule has 1 spiro atoms. The minimum atomic E-state index is -0.435. The zero-order valence-corrected chi connectivity index (χ0v) is 25.8. The van der Waals surface area contributed by atoms with Crippen LogP contribution in [0.5, 0.6) is 11.5 Å². The predicted octanol–water partition coefficient (Wildman–Crippen LogP) is 11.1. The van der Waals surface area contributed by atoms with Gasteiger partial charge in [-0.25, -0.2) is 0 Å². The van der Waals surface area contributed by atoms with Crippen molar-refractivity contribution in [2.45, 2.75) is 12.0 Å². The lowest BCUT2D eigenvalue weighted by molar-refractivity contribution is 0.436. The molecule has 0 saturated heterocycles. The summed E-state index contributed by atoms with van der Waals surface area (Å²) in [6.45, 7) is 0.680.